The number of aryl methyl sites for hydroxylation is 2. The van der Waals surface area contributed by atoms with Gasteiger partial charge in [-0.05, 0) is 57.5 Å². The molecule has 1 aliphatic heterocycles. The van der Waals surface area contributed by atoms with Gasteiger partial charge in [-0.3, -0.25) is 9.08 Å². The van der Waals surface area contributed by atoms with Crippen LogP contribution in [0.15, 0.2) is 36.2 Å². The number of likely N-dealkylation sites (tertiary alicyclic amines) is 1. The van der Waals surface area contributed by atoms with Gasteiger partial charge in [-0.2, -0.15) is 5.10 Å². The van der Waals surface area contributed by atoms with Gasteiger partial charge in [0.05, 0.1) is 34.3 Å². The van der Waals surface area contributed by atoms with Crippen molar-refractivity contribution >= 4 is 34.6 Å². The van der Waals surface area contributed by atoms with E-state index in [0.717, 1.165) is 40.4 Å². The summed E-state index contributed by atoms with van der Waals surface area (Å²) in [5.74, 6) is 0.793. The van der Waals surface area contributed by atoms with E-state index in [9.17, 15) is 4.79 Å². The van der Waals surface area contributed by atoms with Crippen LogP contribution in [0.1, 0.15) is 50.8 Å². The molecule has 184 valence electrons. The molecule has 4 aromatic rings. The normalized spacial score (nSPS) is 16.6. The third kappa shape index (κ3) is 5.02. The average Bonchev–Trinajstić information content (AvgIpc) is 3.53. The summed E-state index contributed by atoms with van der Waals surface area (Å²) in [6.07, 6.45) is 9.26. The van der Waals surface area contributed by atoms with E-state index >= 15 is 0 Å². The van der Waals surface area contributed by atoms with Crippen LogP contribution >= 0.6 is 11.3 Å². The van der Waals surface area contributed by atoms with E-state index in [-0.39, 0.29) is 12.0 Å². The zero-order valence-corrected chi connectivity index (χ0v) is 21.6. The van der Waals surface area contributed by atoms with Gasteiger partial charge in [0.2, 0.25) is 0 Å². The van der Waals surface area contributed by atoms with Crippen molar-refractivity contribution in [1.82, 2.24) is 29.0 Å². The van der Waals surface area contributed by atoms with Crippen LogP contribution < -0.4 is 5.32 Å². The van der Waals surface area contributed by atoms with Gasteiger partial charge < -0.3 is 15.0 Å². The number of imidazole rings is 1. The van der Waals surface area contributed by atoms with Crippen LogP contribution in [0.2, 0.25) is 0 Å². The quantitative estimate of drug-likeness (QED) is 0.412. The number of thiophene rings is 1. The molecule has 0 aliphatic carbocycles. The van der Waals surface area contributed by atoms with Gasteiger partial charge in [0.25, 0.3) is 0 Å². The lowest BCUT2D eigenvalue weighted by Gasteiger charge is -2.33. The number of carbonyl (C=O) groups is 1. The molecule has 0 aromatic carbocycles. The molecule has 0 saturated carbocycles. The first-order valence-corrected chi connectivity index (χ1v) is 12.7. The summed E-state index contributed by atoms with van der Waals surface area (Å²) in [4.78, 5) is 25.4. The summed E-state index contributed by atoms with van der Waals surface area (Å²) < 4.78 is 9.47. The Labute approximate surface area is 208 Å². The molecule has 0 radical (unpaired) electrons. The van der Waals surface area contributed by atoms with Crippen LogP contribution in [0.5, 0.6) is 0 Å². The van der Waals surface area contributed by atoms with Gasteiger partial charge in [-0.1, -0.05) is 0 Å². The number of fused-ring (bicyclic) bond motifs is 1. The zero-order valence-electron chi connectivity index (χ0n) is 20.8. The molecule has 10 heteroatoms. The summed E-state index contributed by atoms with van der Waals surface area (Å²) in [5.41, 5.74) is 4.25. The van der Waals surface area contributed by atoms with E-state index < -0.39 is 5.60 Å². The van der Waals surface area contributed by atoms with Crippen molar-refractivity contribution in [3.8, 4) is 10.6 Å². The Morgan fingerprint density at radius 3 is 2.77 bits per heavy atom. The Balaban J connectivity index is 1.51. The molecule has 0 spiro atoms. The van der Waals surface area contributed by atoms with Gasteiger partial charge in [0.15, 0.2) is 11.5 Å². The maximum absolute atomic E-state index is 12.7. The molecule has 1 aliphatic rings. The van der Waals surface area contributed by atoms with Gasteiger partial charge in [0.1, 0.15) is 5.60 Å². The number of rotatable bonds is 4. The predicted molar refractivity (Wildman–Crippen MR) is 137 cm³/mol. The monoisotopic (exact) mass is 493 g/mol. The third-order valence-corrected chi connectivity index (χ3v) is 7.02. The molecule has 5 heterocycles. The third-order valence-electron chi connectivity index (χ3n) is 5.95. The number of nitrogens with zero attached hydrogens (tertiary/aromatic N) is 6. The van der Waals surface area contributed by atoms with Crippen LogP contribution in [-0.4, -0.2) is 53.8 Å². The number of nitrogens with one attached hydrogen (secondary N) is 1. The maximum atomic E-state index is 12.7. The first kappa shape index (κ1) is 23.3. The van der Waals surface area contributed by atoms with Gasteiger partial charge >= 0.3 is 6.09 Å². The second kappa shape index (κ2) is 8.99. The Morgan fingerprint density at radius 2 is 2.09 bits per heavy atom. The Bertz CT molecular complexity index is 1360. The van der Waals surface area contributed by atoms with E-state index in [1.165, 1.54) is 5.56 Å². The van der Waals surface area contributed by atoms with E-state index in [1.807, 2.05) is 40.2 Å². The van der Waals surface area contributed by atoms with E-state index in [1.54, 1.807) is 27.1 Å². The number of hydrogen-bond donors (Lipinski definition) is 1. The highest BCUT2D eigenvalue weighted by Crippen LogP contribution is 2.33. The number of hydrogen-bond acceptors (Lipinski definition) is 7. The molecule has 1 amide bonds. The maximum Gasteiger partial charge on any atom is 0.410 e. The highest BCUT2D eigenvalue weighted by atomic mass is 32.1. The van der Waals surface area contributed by atoms with Crippen molar-refractivity contribution in [2.24, 2.45) is 7.05 Å². The molecule has 1 atom stereocenters. The molecular weight excluding hydrogens is 462 g/mol. The zero-order chi connectivity index (χ0) is 24.7. The Kier molecular flexibility index (Phi) is 6.00. The molecule has 35 heavy (non-hydrogen) atoms. The van der Waals surface area contributed by atoms with Crippen molar-refractivity contribution in [2.75, 3.05) is 18.4 Å². The first-order valence-electron chi connectivity index (χ1n) is 11.8. The lowest BCUT2D eigenvalue weighted by Crippen LogP contribution is -2.42. The predicted octanol–water partition coefficient (Wildman–Crippen LogP) is 5.36. The van der Waals surface area contributed by atoms with Crippen molar-refractivity contribution in [3.63, 3.8) is 0 Å². The van der Waals surface area contributed by atoms with Gasteiger partial charge in [-0.15, -0.1) is 11.3 Å². The topological polar surface area (TPSA) is 89.6 Å². The summed E-state index contributed by atoms with van der Waals surface area (Å²) in [5, 5.41) is 9.74. The minimum absolute atomic E-state index is 0.125. The van der Waals surface area contributed by atoms with Gasteiger partial charge in [-0.25, -0.2) is 14.8 Å². The lowest BCUT2D eigenvalue weighted by molar-refractivity contribution is 0.0197. The number of ether oxygens (including phenoxy) is 1. The van der Waals surface area contributed by atoms with Crippen molar-refractivity contribution in [1.29, 1.82) is 0 Å². The summed E-state index contributed by atoms with van der Waals surface area (Å²) >= 11 is 1.69. The molecule has 1 saturated heterocycles. The summed E-state index contributed by atoms with van der Waals surface area (Å²) in [7, 11) is 1.88. The molecular formula is C25H31N7O2S. The lowest BCUT2D eigenvalue weighted by atomic mass is 9.95. The smallest absolute Gasteiger partial charge is 0.410 e. The van der Waals surface area contributed by atoms with Crippen molar-refractivity contribution in [2.45, 2.75) is 52.1 Å². The minimum atomic E-state index is -0.514. The van der Waals surface area contributed by atoms with Crippen LogP contribution in [0.3, 0.4) is 0 Å². The molecule has 1 unspecified atom stereocenters. The highest BCUT2D eigenvalue weighted by molar-refractivity contribution is 7.13. The van der Waals surface area contributed by atoms with Crippen LogP contribution in [0, 0.1) is 6.92 Å². The highest BCUT2D eigenvalue weighted by Gasteiger charge is 2.30. The number of anilines is 2. The van der Waals surface area contributed by atoms with Crippen molar-refractivity contribution < 1.29 is 9.53 Å². The van der Waals surface area contributed by atoms with E-state index in [0.29, 0.717) is 18.9 Å². The molecule has 4 aromatic heterocycles. The fraction of sp³-hybridized carbons (Fsp3) is 0.440. The van der Waals surface area contributed by atoms with Gasteiger partial charge in [0, 0.05) is 38.4 Å². The SMILES string of the molecule is Cc1csc(-c2cnc(Nc3cnn(C)c3)c3nc(C4CCCN(C(=O)OC(C)(C)C)C4)cn23)c1. The standard InChI is InChI=1S/C25H31N7O2S/c1-16-9-21(35-15-16)20-11-26-22(28-18-10-27-30(5)13-18)23-29-19(14-32(20)23)17-7-6-8-31(12-17)24(33)34-25(2,3)4/h9-11,13-15,17H,6-8,12H2,1-5H3,(H,26,28). The number of amides is 1. The molecule has 9 nitrogen and oxygen atoms in total. The number of carbonyl (C=O) groups excluding carboxylic acids is 1. The summed E-state index contributed by atoms with van der Waals surface area (Å²) in [6, 6.07) is 2.17. The average molecular weight is 494 g/mol. The minimum Gasteiger partial charge on any atom is -0.444 e. The fourth-order valence-electron chi connectivity index (χ4n) is 4.36. The number of piperidine rings is 1. The van der Waals surface area contributed by atoms with Crippen LogP contribution in [0.4, 0.5) is 16.3 Å². The van der Waals surface area contributed by atoms with Crippen LogP contribution in [-0.2, 0) is 11.8 Å². The number of aromatic nitrogens is 5. The second-order valence-corrected chi connectivity index (χ2v) is 11.0. The largest absolute Gasteiger partial charge is 0.444 e. The molecule has 5 rings (SSSR count). The van der Waals surface area contributed by atoms with E-state index in [2.05, 4.69) is 39.4 Å². The van der Waals surface area contributed by atoms with Crippen molar-refractivity contribution in [3.05, 3.63) is 47.5 Å². The summed E-state index contributed by atoms with van der Waals surface area (Å²) in [6.45, 7) is 9.07. The molecule has 1 N–H and O–H groups in total. The fourth-order valence-corrected chi connectivity index (χ4v) is 5.27. The second-order valence-electron chi connectivity index (χ2n) is 10.1. The van der Waals surface area contributed by atoms with E-state index in [4.69, 9.17) is 14.7 Å². The Morgan fingerprint density at radius 1 is 1.26 bits per heavy atom. The molecule has 1 fully saturated rings. The van der Waals surface area contributed by atoms with Crippen LogP contribution in [0.25, 0.3) is 16.2 Å². The Hall–Kier alpha value is -3.40. The first-order chi connectivity index (χ1) is 16.7. The molecule has 0 bridgehead atoms.